The van der Waals surface area contributed by atoms with E-state index in [-0.39, 0.29) is 135 Å². The summed E-state index contributed by atoms with van der Waals surface area (Å²) < 4.78 is 1.27. The Kier molecular flexibility index (Phi) is 35.8. The Morgan fingerprint density at radius 3 is 1.64 bits per heavy atom. The number of fused-ring (bicyclic) bond motifs is 1. The van der Waals surface area contributed by atoms with E-state index in [1.165, 1.54) is 66.2 Å². The van der Waals surface area contributed by atoms with Crippen LogP contribution in [0.2, 0.25) is 0 Å². The molecule has 11 amide bonds. The van der Waals surface area contributed by atoms with Crippen LogP contribution in [-0.2, 0) is 86.4 Å². The number of H-pyrrole nitrogens is 1. The van der Waals surface area contributed by atoms with Gasteiger partial charge in [-0.25, -0.2) is 4.98 Å². The number of rotatable bonds is 41. The maximum atomic E-state index is 14.6. The summed E-state index contributed by atoms with van der Waals surface area (Å²) in [7, 11) is 0. The van der Waals surface area contributed by atoms with Gasteiger partial charge in [0.2, 0.25) is 70.9 Å². The molecule has 1 saturated heterocycles. The van der Waals surface area contributed by atoms with Crippen molar-refractivity contribution in [3.05, 3.63) is 84.1 Å². The first-order valence-corrected chi connectivity index (χ1v) is 36.3. The topological polar surface area (TPSA) is 550 Å². The first-order valence-electron chi connectivity index (χ1n) is 34.9. The Hall–Kier alpha value is -10.4. The highest BCUT2D eigenvalue weighted by Crippen LogP contribution is 2.24. The summed E-state index contributed by atoms with van der Waals surface area (Å²) in [4.78, 5) is 210. The number of hydrogen-bond acceptors (Lipinski definition) is 22. The van der Waals surface area contributed by atoms with Crippen LogP contribution in [0.5, 0.6) is 0 Å². The molecule has 7 atom stereocenters. The molecule has 37 nitrogen and oxygen atoms in total. The summed E-state index contributed by atoms with van der Waals surface area (Å²) in [6.45, 7) is 7.13. The molecule has 1 aliphatic heterocycles. The molecule has 0 spiro atoms. The number of aliphatic carboxylic acids is 3. The Morgan fingerprint density at radius 1 is 0.570 bits per heavy atom. The van der Waals surface area contributed by atoms with E-state index in [2.05, 4.69) is 57.8 Å². The van der Waals surface area contributed by atoms with Gasteiger partial charge < -0.3 is 85.4 Å². The highest BCUT2D eigenvalue weighted by molar-refractivity contribution is 7.98. The Balaban J connectivity index is 1.26. The van der Waals surface area contributed by atoms with Gasteiger partial charge in [-0.2, -0.15) is 11.8 Å². The van der Waals surface area contributed by atoms with Gasteiger partial charge in [0, 0.05) is 101 Å². The minimum atomic E-state index is -1.46. The molecule has 2 aromatic carbocycles. The minimum Gasteiger partial charge on any atom is -0.480 e. The fourth-order valence-corrected chi connectivity index (χ4v) is 12.0. The summed E-state index contributed by atoms with van der Waals surface area (Å²) in [5.74, 6) is -12.3. The van der Waals surface area contributed by atoms with E-state index >= 15 is 0 Å². The fourth-order valence-electron chi connectivity index (χ4n) is 11.5. The maximum Gasteiger partial charge on any atom is 0.317 e. The van der Waals surface area contributed by atoms with Gasteiger partial charge in [-0.3, -0.25) is 96.1 Å². The smallest absolute Gasteiger partial charge is 0.317 e. The average molecular weight is 1520 g/mol. The summed E-state index contributed by atoms with van der Waals surface area (Å²) in [5.41, 5.74) is 19.0. The molecule has 19 N–H and O–H groups in total. The van der Waals surface area contributed by atoms with Crippen LogP contribution in [0.1, 0.15) is 81.9 Å². The number of carboxylic acids is 3. The highest BCUT2D eigenvalue weighted by atomic mass is 32.2. The number of carbonyl (C=O) groups excluding carboxylic acids is 12. The summed E-state index contributed by atoms with van der Waals surface area (Å²) in [6.07, 6.45) is 5.48. The van der Waals surface area contributed by atoms with E-state index in [4.69, 9.17) is 17.2 Å². The molecule has 586 valence electrons. The van der Waals surface area contributed by atoms with Gasteiger partial charge in [-0.05, 0) is 79.4 Å². The number of thioether (sulfide) groups is 1. The van der Waals surface area contributed by atoms with E-state index in [1.54, 1.807) is 57.7 Å². The number of anilines is 1. The standard InChI is InChI=1S/C69H101N19O18S/c1-40(2)27-50(66(103)81-49(63(72)100)17-26-107-6)82-67(104)52(30-46-31-73-39-76-46)80-57(92)33-75-68(105)62(41(3)4)83-64(101)42(5)77-65(102)51(29-44-34-88(53-10-8-7-9-47(44)53)69(106)48(70)15-16-54(71)89)79-55(90)28-43-11-13-45(14-12-43)78-56(91)32-74-58(93)35-84-18-20-85(36-59(94)95)22-24-87(38-61(98)99)25-23-86(21-19-84)37-60(96)97/h7-14,31,34,39-42,48-52,62H,15-30,32-33,35-38,70H2,1-6H3,(H2,71,89)(H2,72,100)(H,73,76)(H,74,93)(H,75,105)(H,77,102)(H,78,91)(H,79,90)(H,80,92)(H,81,103)(H,82,104)(H,83,101)(H,94,95)(H,96,97)(H,98,99)/t42-,48-,49-,50-,51-,52-,62-/m0/s1. The van der Waals surface area contributed by atoms with Gasteiger partial charge >= 0.3 is 17.9 Å². The second-order valence-corrected chi connectivity index (χ2v) is 27.8. The number of para-hydroxylation sites is 1. The molecule has 0 bridgehead atoms. The summed E-state index contributed by atoms with van der Waals surface area (Å²) in [6, 6.07) is 3.88. The van der Waals surface area contributed by atoms with Crippen molar-refractivity contribution in [2.45, 2.75) is 122 Å². The first-order chi connectivity index (χ1) is 50.7. The van der Waals surface area contributed by atoms with Crippen LogP contribution in [-0.4, -0.2) is 284 Å². The van der Waals surface area contributed by atoms with E-state index in [9.17, 15) is 87.2 Å². The lowest BCUT2D eigenvalue weighted by Gasteiger charge is -2.32. The Labute approximate surface area is 622 Å². The van der Waals surface area contributed by atoms with Crippen LogP contribution in [0.3, 0.4) is 0 Å². The predicted molar refractivity (Wildman–Crippen MR) is 392 cm³/mol. The van der Waals surface area contributed by atoms with Crippen LogP contribution in [0.15, 0.2) is 67.3 Å². The van der Waals surface area contributed by atoms with Crippen LogP contribution in [0.4, 0.5) is 5.69 Å². The summed E-state index contributed by atoms with van der Waals surface area (Å²) >= 11 is 1.45. The number of hydrogen-bond donors (Lipinski definition) is 16. The second-order valence-electron chi connectivity index (χ2n) is 26.8. The third-order valence-corrected chi connectivity index (χ3v) is 17.9. The molecular weight excluding hydrogens is 1410 g/mol. The fraction of sp³-hybridized carbons (Fsp3) is 0.536. The lowest BCUT2D eigenvalue weighted by atomic mass is 10.0. The molecule has 0 unspecified atom stereocenters. The van der Waals surface area contributed by atoms with Crippen molar-refractivity contribution in [1.29, 1.82) is 0 Å². The van der Waals surface area contributed by atoms with Crippen LogP contribution < -0.4 is 65.1 Å². The molecule has 2 aromatic heterocycles. The lowest BCUT2D eigenvalue weighted by molar-refractivity contribution is -0.140. The zero-order valence-electron chi connectivity index (χ0n) is 60.9. The third kappa shape index (κ3) is 30.9. The normalized spacial score (nSPS) is 15.4. The quantitative estimate of drug-likeness (QED) is 0.0202. The van der Waals surface area contributed by atoms with Gasteiger partial charge in [0.25, 0.3) is 0 Å². The van der Waals surface area contributed by atoms with E-state index in [0.717, 1.165) is 0 Å². The number of carboxylic acid groups (broad SMARTS) is 3. The number of carbonyl (C=O) groups is 15. The molecule has 1 fully saturated rings. The van der Waals surface area contributed by atoms with Crippen molar-refractivity contribution in [1.82, 2.24) is 76.7 Å². The number of imidazole rings is 1. The zero-order chi connectivity index (χ0) is 79.0. The summed E-state index contributed by atoms with van der Waals surface area (Å²) in [5, 5.41) is 52.7. The molecule has 38 heteroatoms. The SMILES string of the molecule is CSCC[C@H](NC(=O)[C@H](CC(C)C)NC(=O)[C@H](Cc1cnc[nH]1)NC(=O)CNC(=O)[C@@H](NC(=O)[C@H](C)NC(=O)[C@H](Cc1cn(C(=O)[C@@H](N)CCC(N)=O)c2ccccc12)NC(=O)Cc1ccc(NC(=O)CNC(=O)CN2CCN(CC(=O)O)CCN(CC(=O)O)CCN(CC(=O)O)CC2)cc1)C(C)C)C(N)=O. The molecule has 0 saturated carbocycles. The lowest BCUT2D eigenvalue weighted by Crippen LogP contribution is -2.59. The molecule has 0 radical (unpaired) electrons. The van der Waals surface area contributed by atoms with Crippen molar-refractivity contribution in [3.63, 3.8) is 0 Å². The molecular formula is C69H101N19O18S. The molecule has 0 aliphatic carbocycles. The average Bonchev–Trinajstić information content (AvgIpc) is 1.64. The number of nitrogens with two attached hydrogens (primary N) is 3. The predicted octanol–water partition coefficient (Wildman–Crippen LogP) is -3.86. The van der Waals surface area contributed by atoms with Gasteiger partial charge in [0.15, 0.2) is 0 Å². The van der Waals surface area contributed by atoms with Crippen molar-refractivity contribution in [2.24, 2.45) is 29.0 Å². The van der Waals surface area contributed by atoms with Crippen molar-refractivity contribution >= 4 is 117 Å². The van der Waals surface area contributed by atoms with Crippen molar-refractivity contribution in [2.75, 3.05) is 109 Å². The van der Waals surface area contributed by atoms with Crippen molar-refractivity contribution in [3.8, 4) is 0 Å². The number of nitrogens with one attached hydrogen (secondary N) is 10. The largest absolute Gasteiger partial charge is 0.480 e. The molecule has 1 aliphatic rings. The molecule has 5 rings (SSSR count). The first kappa shape index (κ1) is 87.2. The zero-order valence-corrected chi connectivity index (χ0v) is 61.7. The Morgan fingerprint density at radius 2 is 1.10 bits per heavy atom. The Bertz CT molecular complexity index is 3710. The minimum absolute atomic E-state index is 0.0714. The molecule has 107 heavy (non-hydrogen) atoms. The van der Waals surface area contributed by atoms with Crippen LogP contribution in [0, 0.1) is 11.8 Å². The van der Waals surface area contributed by atoms with E-state index < -0.39 is 150 Å². The number of nitrogens with zero attached hydrogens (tertiary/aromatic N) is 6. The number of primary amides is 2. The van der Waals surface area contributed by atoms with Gasteiger partial charge in [-0.1, -0.05) is 58.0 Å². The van der Waals surface area contributed by atoms with Gasteiger partial charge in [0.05, 0.1) is 63.6 Å². The molecule has 4 aromatic rings. The number of aromatic amines is 1. The maximum absolute atomic E-state index is 14.6. The van der Waals surface area contributed by atoms with Crippen molar-refractivity contribution < 1.29 is 87.2 Å². The second kappa shape index (κ2) is 43.9. The van der Waals surface area contributed by atoms with Gasteiger partial charge in [0.1, 0.15) is 36.3 Å². The monoisotopic (exact) mass is 1520 g/mol. The van der Waals surface area contributed by atoms with Crippen LogP contribution >= 0.6 is 11.8 Å². The third-order valence-electron chi connectivity index (χ3n) is 17.2. The van der Waals surface area contributed by atoms with E-state index in [1.807, 2.05) is 20.1 Å². The van der Waals surface area contributed by atoms with E-state index in [0.29, 0.717) is 33.5 Å². The number of amides is 11. The van der Waals surface area contributed by atoms with Gasteiger partial charge in [-0.15, -0.1) is 0 Å². The van der Waals surface area contributed by atoms with Crippen LogP contribution in [0.25, 0.3) is 10.9 Å². The molecule has 3 heterocycles. The highest BCUT2D eigenvalue weighted by Gasteiger charge is 2.34. The number of benzene rings is 2. The number of aromatic nitrogens is 3.